The normalized spacial score (nSPS) is 10.9. The first kappa shape index (κ1) is 22.6. The molecule has 4 aromatic rings. The van der Waals surface area contributed by atoms with Gasteiger partial charge in [0.15, 0.2) is 5.82 Å². The highest BCUT2D eigenvalue weighted by atomic mass is 79.9. The van der Waals surface area contributed by atoms with E-state index in [1.54, 1.807) is 10.7 Å². The van der Waals surface area contributed by atoms with Crippen LogP contribution in [0.25, 0.3) is 0 Å². The topological polar surface area (TPSA) is 56.2 Å². The molecule has 0 aliphatic rings. The number of hydrogen-bond donors (Lipinski definition) is 1. The van der Waals surface area contributed by atoms with E-state index < -0.39 is 0 Å². The summed E-state index contributed by atoms with van der Waals surface area (Å²) < 4.78 is 8.41. The molecule has 0 spiro atoms. The lowest BCUT2D eigenvalue weighted by molar-refractivity contribution is 0.103. The van der Waals surface area contributed by atoms with Crippen molar-refractivity contribution in [3.05, 3.63) is 96.7 Å². The Hall–Kier alpha value is -2.61. The molecule has 0 unspecified atom stereocenters. The predicted molar refractivity (Wildman–Crippen MR) is 133 cm³/mol. The third kappa shape index (κ3) is 5.59. The van der Waals surface area contributed by atoms with E-state index >= 15 is 0 Å². The summed E-state index contributed by atoms with van der Waals surface area (Å²) in [6, 6.07) is 15.6. The molecule has 0 fully saturated rings. The first-order valence-corrected chi connectivity index (χ1v) is 12.0. The van der Waals surface area contributed by atoms with E-state index in [0.717, 1.165) is 26.9 Å². The number of amides is 1. The molecule has 32 heavy (non-hydrogen) atoms. The summed E-state index contributed by atoms with van der Waals surface area (Å²) in [5.74, 6) is 1.06. The van der Waals surface area contributed by atoms with Gasteiger partial charge in [0, 0.05) is 16.8 Å². The average molecular weight is 531 g/mol. The molecule has 1 amide bonds. The van der Waals surface area contributed by atoms with Crippen LogP contribution in [0, 0.1) is 13.8 Å². The molecule has 5 nitrogen and oxygen atoms in total. The fraction of sp³-hybridized carbons (Fsp3) is 0.167. The van der Waals surface area contributed by atoms with Gasteiger partial charge in [-0.05, 0) is 70.5 Å². The smallest absolute Gasteiger partial charge is 0.266 e. The highest BCUT2D eigenvalue weighted by molar-refractivity contribution is 9.10. The predicted octanol–water partition coefficient (Wildman–Crippen LogP) is 6.86. The summed E-state index contributed by atoms with van der Waals surface area (Å²) in [4.78, 5) is 13.3. The van der Waals surface area contributed by atoms with E-state index in [1.807, 2.05) is 42.8 Å². The van der Waals surface area contributed by atoms with Crippen molar-refractivity contribution in [1.29, 1.82) is 0 Å². The van der Waals surface area contributed by atoms with Crippen LogP contribution in [-0.2, 0) is 13.2 Å². The Morgan fingerprint density at radius 1 is 1.19 bits per heavy atom. The molecule has 0 saturated carbocycles. The molecule has 0 radical (unpaired) electrons. The van der Waals surface area contributed by atoms with Crippen LogP contribution in [-0.4, -0.2) is 15.7 Å². The maximum absolute atomic E-state index is 12.7. The van der Waals surface area contributed by atoms with Gasteiger partial charge in [-0.25, -0.2) is 0 Å². The van der Waals surface area contributed by atoms with Crippen molar-refractivity contribution in [3.63, 3.8) is 0 Å². The molecule has 2 heterocycles. The van der Waals surface area contributed by atoms with E-state index in [1.165, 1.54) is 16.9 Å². The van der Waals surface area contributed by atoms with Crippen molar-refractivity contribution in [3.8, 4) is 5.75 Å². The number of hydrogen-bond acceptors (Lipinski definition) is 4. The van der Waals surface area contributed by atoms with Crippen molar-refractivity contribution in [2.24, 2.45) is 0 Å². The SMILES string of the molecule is Cc1cccc(Cn2cc(Br)c(NC(=O)c3cc(COc4ccc(Cl)cc4C)cs3)n2)c1. The molecule has 2 aromatic heterocycles. The molecule has 164 valence electrons. The number of rotatable bonds is 7. The number of carbonyl (C=O) groups excluding carboxylic acids is 1. The van der Waals surface area contributed by atoms with Gasteiger partial charge < -0.3 is 10.1 Å². The van der Waals surface area contributed by atoms with Gasteiger partial charge in [-0.2, -0.15) is 5.10 Å². The van der Waals surface area contributed by atoms with Crippen LogP contribution >= 0.6 is 38.9 Å². The minimum absolute atomic E-state index is 0.203. The van der Waals surface area contributed by atoms with Crippen molar-refractivity contribution in [1.82, 2.24) is 9.78 Å². The lowest BCUT2D eigenvalue weighted by Gasteiger charge is -2.08. The Labute approximate surface area is 204 Å². The van der Waals surface area contributed by atoms with Crippen LogP contribution in [0.1, 0.15) is 31.9 Å². The van der Waals surface area contributed by atoms with Crippen molar-refractivity contribution < 1.29 is 9.53 Å². The zero-order valence-corrected chi connectivity index (χ0v) is 20.7. The fourth-order valence-corrected chi connectivity index (χ4v) is 4.67. The van der Waals surface area contributed by atoms with E-state index in [9.17, 15) is 4.79 Å². The third-order valence-corrected chi connectivity index (χ3v) is 6.58. The summed E-state index contributed by atoms with van der Waals surface area (Å²) in [6.45, 7) is 5.01. The largest absolute Gasteiger partial charge is 0.489 e. The molecule has 2 aromatic carbocycles. The number of anilines is 1. The number of aryl methyl sites for hydroxylation is 2. The van der Waals surface area contributed by atoms with Crippen LogP contribution in [0.4, 0.5) is 5.82 Å². The van der Waals surface area contributed by atoms with Gasteiger partial charge in [0.1, 0.15) is 12.4 Å². The summed E-state index contributed by atoms with van der Waals surface area (Å²) in [6.07, 6.45) is 1.86. The second-order valence-electron chi connectivity index (χ2n) is 7.48. The molecular formula is C24H21BrClN3O2S. The summed E-state index contributed by atoms with van der Waals surface area (Å²) in [5, 5.41) is 9.99. The van der Waals surface area contributed by atoms with Gasteiger partial charge >= 0.3 is 0 Å². The van der Waals surface area contributed by atoms with Crippen LogP contribution in [0.3, 0.4) is 0 Å². The third-order valence-electron chi connectivity index (χ3n) is 4.78. The molecule has 0 aliphatic heterocycles. The Balaban J connectivity index is 1.38. The number of ether oxygens (including phenoxy) is 1. The van der Waals surface area contributed by atoms with Crippen LogP contribution in [0.5, 0.6) is 5.75 Å². The lowest BCUT2D eigenvalue weighted by atomic mass is 10.1. The monoisotopic (exact) mass is 529 g/mol. The first-order chi connectivity index (χ1) is 15.4. The summed E-state index contributed by atoms with van der Waals surface area (Å²) >= 11 is 10.9. The first-order valence-electron chi connectivity index (χ1n) is 9.93. The maximum Gasteiger partial charge on any atom is 0.266 e. The number of nitrogens with one attached hydrogen (secondary N) is 1. The zero-order valence-electron chi connectivity index (χ0n) is 17.6. The molecule has 0 saturated heterocycles. The second-order valence-corrected chi connectivity index (χ2v) is 9.69. The van der Waals surface area contributed by atoms with Gasteiger partial charge in [0.05, 0.1) is 15.9 Å². The van der Waals surface area contributed by atoms with Crippen LogP contribution in [0.15, 0.2) is 64.6 Å². The zero-order chi connectivity index (χ0) is 22.7. The van der Waals surface area contributed by atoms with Gasteiger partial charge in [-0.15, -0.1) is 11.3 Å². The Morgan fingerprint density at radius 3 is 2.81 bits per heavy atom. The standard InChI is InChI=1S/C24H21BrClN3O2S/c1-15-4-3-5-17(8-15)11-29-12-20(25)23(28-29)27-24(30)22-10-18(14-32-22)13-31-21-7-6-19(26)9-16(21)2/h3-10,12,14H,11,13H2,1-2H3,(H,27,28,30). The quantitative estimate of drug-likeness (QED) is 0.284. The van der Waals surface area contributed by atoms with E-state index in [-0.39, 0.29) is 5.91 Å². The van der Waals surface area contributed by atoms with Gasteiger partial charge in [-0.1, -0.05) is 41.4 Å². The van der Waals surface area contributed by atoms with E-state index in [0.29, 0.717) is 28.9 Å². The van der Waals surface area contributed by atoms with Gasteiger partial charge in [0.25, 0.3) is 5.91 Å². The number of carbonyl (C=O) groups is 1. The molecule has 0 bridgehead atoms. The molecule has 8 heteroatoms. The highest BCUT2D eigenvalue weighted by Crippen LogP contribution is 2.25. The highest BCUT2D eigenvalue weighted by Gasteiger charge is 2.15. The van der Waals surface area contributed by atoms with Crippen molar-refractivity contribution in [2.75, 3.05) is 5.32 Å². The Morgan fingerprint density at radius 2 is 2.03 bits per heavy atom. The Kier molecular flexibility index (Phi) is 6.98. The number of halogens is 2. The van der Waals surface area contributed by atoms with Crippen LogP contribution in [0.2, 0.25) is 5.02 Å². The van der Waals surface area contributed by atoms with Crippen LogP contribution < -0.4 is 10.1 Å². The molecular weight excluding hydrogens is 510 g/mol. The lowest BCUT2D eigenvalue weighted by Crippen LogP contribution is -2.12. The number of nitrogens with zero attached hydrogens (tertiary/aromatic N) is 2. The minimum atomic E-state index is -0.203. The summed E-state index contributed by atoms with van der Waals surface area (Å²) in [7, 11) is 0. The number of thiophene rings is 1. The summed E-state index contributed by atoms with van der Waals surface area (Å²) in [5.41, 5.74) is 4.25. The molecule has 4 rings (SSSR count). The van der Waals surface area contributed by atoms with E-state index in [2.05, 4.69) is 51.5 Å². The Bertz CT molecular complexity index is 1270. The molecule has 0 aliphatic carbocycles. The van der Waals surface area contributed by atoms with Gasteiger partial charge in [-0.3, -0.25) is 9.48 Å². The fourth-order valence-electron chi connectivity index (χ4n) is 3.24. The molecule has 0 atom stereocenters. The van der Waals surface area contributed by atoms with Gasteiger partial charge in [0.2, 0.25) is 0 Å². The van der Waals surface area contributed by atoms with Crippen molar-refractivity contribution in [2.45, 2.75) is 27.0 Å². The minimum Gasteiger partial charge on any atom is -0.489 e. The average Bonchev–Trinajstić information content (AvgIpc) is 3.34. The van der Waals surface area contributed by atoms with E-state index in [4.69, 9.17) is 16.3 Å². The maximum atomic E-state index is 12.7. The van der Waals surface area contributed by atoms with Crippen molar-refractivity contribution >= 4 is 50.6 Å². The number of aromatic nitrogens is 2. The number of benzene rings is 2. The molecule has 1 N–H and O–H groups in total. The second kappa shape index (κ2) is 9.90.